The Morgan fingerprint density at radius 3 is 2.14 bits per heavy atom. The summed E-state index contributed by atoms with van der Waals surface area (Å²) in [5.74, 6) is 0.125. The molecule has 0 bridgehead atoms. The lowest BCUT2D eigenvalue weighted by Crippen LogP contribution is -2.23. The third-order valence-corrected chi connectivity index (χ3v) is 4.77. The molecule has 0 amide bonds. The Balaban J connectivity index is 2.35. The van der Waals surface area contributed by atoms with Crippen molar-refractivity contribution < 1.29 is 26.3 Å². The maximum absolute atomic E-state index is 12.5. The van der Waals surface area contributed by atoms with Crippen LogP contribution in [0.1, 0.15) is 0 Å². The van der Waals surface area contributed by atoms with Gasteiger partial charge in [-0.2, -0.15) is 13.2 Å². The Morgan fingerprint density at radius 2 is 1.55 bits per heavy atom. The molecule has 0 unspecified atom stereocenters. The number of ether oxygens (including phenoxy) is 1. The standard InChI is InChI=1S/C13H7Cl2F3O3S/c14-11-5-4-9(7-12(11)15)21-8-2-1-3-10(6-8)22(19,20)13(16,17)18/h1-7H. The largest absolute Gasteiger partial charge is 0.501 e. The third kappa shape index (κ3) is 3.48. The van der Waals surface area contributed by atoms with Crippen LogP contribution in [0.25, 0.3) is 0 Å². The number of benzene rings is 2. The zero-order valence-electron chi connectivity index (χ0n) is 10.6. The lowest BCUT2D eigenvalue weighted by atomic mass is 10.3. The highest BCUT2D eigenvalue weighted by atomic mass is 35.5. The molecule has 3 nitrogen and oxygen atoms in total. The van der Waals surface area contributed by atoms with Gasteiger partial charge in [-0.25, -0.2) is 8.42 Å². The van der Waals surface area contributed by atoms with E-state index >= 15 is 0 Å². The molecule has 0 heterocycles. The van der Waals surface area contributed by atoms with E-state index in [2.05, 4.69) is 0 Å². The van der Waals surface area contributed by atoms with E-state index in [1.807, 2.05) is 0 Å². The first-order chi connectivity index (χ1) is 10.1. The van der Waals surface area contributed by atoms with Crippen molar-refractivity contribution in [2.75, 3.05) is 0 Å². The lowest BCUT2D eigenvalue weighted by molar-refractivity contribution is -0.0436. The van der Waals surface area contributed by atoms with E-state index in [9.17, 15) is 21.6 Å². The van der Waals surface area contributed by atoms with Crippen molar-refractivity contribution in [3.63, 3.8) is 0 Å². The summed E-state index contributed by atoms with van der Waals surface area (Å²) in [6.07, 6.45) is 0. The molecule has 2 aromatic carbocycles. The van der Waals surface area contributed by atoms with Crippen molar-refractivity contribution in [3.8, 4) is 11.5 Å². The minimum atomic E-state index is -5.43. The second-order valence-electron chi connectivity index (χ2n) is 4.10. The van der Waals surface area contributed by atoms with Gasteiger partial charge >= 0.3 is 5.51 Å². The van der Waals surface area contributed by atoms with Crippen LogP contribution in [0.5, 0.6) is 11.5 Å². The summed E-state index contributed by atoms with van der Waals surface area (Å²) in [6, 6.07) is 8.32. The van der Waals surface area contributed by atoms with Gasteiger partial charge in [0.25, 0.3) is 9.84 Å². The van der Waals surface area contributed by atoms with Crippen LogP contribution < -0.4 is 4.74 Å². The van der Waals surface area contributed by atoms with Crippen LogP contribution in [0.3, 0.4) is 0 Å². The van der Waals surface area contributed by atoms with Crippen molar-refractivity contribution in [2.24, 2.45) is 0 Å². The molecule has 0 N–H and O–H groups in total. The zero-order valence-corrected chi connectivity index (χ0v) is 12.9. The molecule has 2 aromatic rings. The number of hydrogen-bond acceptors (Lipinski definition) is 3. The molecule has 0 aliphatic rings. The molecule has 0 atom stereocenters. The maximum Gasteiger partial charge on any atom is 0.501 e. The lowest BCUT2D eigenvalue weighted by Gasteiger charge is -2.10. The summed E-state index contributed by atoms with van der Waals surface area (Å²) >= 11 is 11.5. The molecule has 0 fully saturated rings. The molecule has 118 valence electrons. The van der Waals surface area contributed by atoms with Crippen LogP contribution in [0.2, 0.25) is 10.0 Å². The summed E-state index contributed by atoms with van der Waals surface area (Å²) in [7, 11) is -5.43. The second kappa shape index (κ2) is 5.98. The van der Waals surface area contributed by atoms with Gasteiger partial charge in [-0.05, 0) is 30.3 Å². The van der Waals surface area contributed by atoms with Crippen LogP contribution >= 0.6 is 23.2 Å². The van der Waals surface area contributed by atoms with Crippen molar-refractivity contribution in [1.82, 2.24) is 0 Å². The predicted octanol–water partition coefficient (Wildman–Crippen LogP) is 5.08. The van der Waals surface area contributed by atoms with Gasteiger partial charge in [0.05, 0.1) is 14.9 Å². The monoisotopic (exact) mass is 370 g/mol. The fourth-order valence-corrected chi connectivity index (χ4v) is 2.60. The quantitative estimate of drug-likeness (QED) is 0.756. The Morgan fingerprint density at radius 1 is 0.909 bits per heavy atom. The van der Waals surface area contributed by atoms with Crippen molar-refractivity contribution in [2.45, 2.75) is 10.4 Å². The van der Waals surface area contributed by atoms with Gasteiger partial charge in [0.2, 0.25) is 0 Å². The number of rotatable bonds is 3. The smallest absolute Gasteiger partial charge is 0.457 e. The maximum atomic E-state index is 12.5. The van der Waals surface area contributed by atoms with E-state index in [-0.39, 0.29) is 21.5 Å². The van der Waals surface area contributed by atoms with Crippen LogP contribution in [-0.2, 0) is 9.84 Å². The molecular weight excluding hydrogens is 364 g/mol. The normalized spacial score (nSPS) is 12.2. The summed E-state index contributed by atoms with van der Waals surface area (Å²) in [5.41, 5.74) is -5.38. The van der Waals surface area contributed by atoms with Crippen molar-refractivity contribution in [1.29, 1.82) is 0 Å². The number of hydrogen-bond donors (Lipinski definition) is 0. The molecule has 0 saturated carbocycles. The number of sulfone groups is 1. The first kappa shape index (κ1) is 16.9. The fraction of sp³-hybridized carbons (Fsp3) is 0.0769. The van der Waals surface area contributed by atoms with Gasteiger partial charge < -0.3 is 4.74 Å². The second-order valence-corrected chi connectivity index (χ2v) is 6.86. The summed E-state index contributed by atoms with van der Waals surface area (Å²) < 4.78 is 65.5. The molecule has 0 radical (unpaired) electrons. The van der Waals surface area contributed by atoms with Gasteiger partial charge in [-0.15, -0.1) is 0 Å². The highest BCUT2D eigenvalue weighted by molar-refractivity contribution is 7.92. The Bertz CT molecular complexity index is 804. The molecule has 0 aliphatic carbocycles. The van der Waals surface area contributed by atoms with E-state index in [1.54, 1.807) is 0 Å². The molecule has 0 saturated heterocycles. The fourth-order valence-electron chi connectivity index (χ4n) is 1.51. The van der Waals surface area contributed by atoms with Crippen LogP contribution in [0.15, 0.2) is 47.4 Å². The molecule has 0 aliphatic heterocycles. The van der Waals surface area contributed by atoms with Crippen LogP contribution in [-0.4, -0.2) is 13.9 Å². The Hall–Kier alpha value is -1.44. The minimum absolute atomic E-state index is 0.0799. The van der Waals surface area contributed by atoms with Crippen LogP contribution in [0.4, 0.5) is 13.2 Å². The van der Waals surface area contributed by atoms with E-state index in [4.69, 9.17) is 27.9 Å². The first-order valence-corrected chi connectivity index (χ1v) is 7.89. The number of alkyl halides is 3. The Kier molecular flexibility index (Phi) is 4.60. The molecule has 2 rings (SSSR count). The van der Waals surface area contributed by atoms with E-state index in [0.29, 0.717) is 0 Å². The zero-order chi connectivity index (χ0) is 16.5. The van der Waals surface area contributed by atoms with Gasteiger partial charge in [0, 0.05) is 6.07 Å². The van der Waals surface area contributed by atoms with E-state index < -0.39 is 20.2 Å². The average molecular weight is 371 g/mol. The summed E-state index contributed by atoms with van der Waals surface area (Å²) in [4.78, 5) is -0.905. The SMILES string of the molecule is O=S(=O)(c1cccc(Oc2ccc(Cl)c(Cl)c2)c1)C(F)(F)F. The Labute approximate surface area is 134 Å². The van der Waals surface area contributed by atoms with Crippen molar-refractivity contribution in [3.05, 3.63) is 52.5 Å². The molecule has 22 heavy (non-hydrogen) atoms. The van der Waals surface area contributed by atoms with Gasteiger partial charge in [0.1, 0.15) is 11.5 Å². The first-order valence-electron chi connectivity index (χ1n) is 5.65. The van der Waals surface area contributed by atoms with E-state index in [0.717, 1.165) is 18.2 Å². The summed E-state index contributed by atoms with van der Waals surface area (Å²) in [6.45, 7) is 0. The van der Waals surface area contributed by atoms with Gasteiger partial charge in [-0.1, -0.05) is 29.3 Å². The van der Waals surface area contributed by atoms with Crippen molar-refractivity contribution >= 4 is 33.0 Å². The highest BCUT2D eigenvalue weighted by Crippen LogP contribution is 2.34. The molecule has 9 heteroatoms. The summed E-state index contributed by atoms with van der Waals surface area (Å²) in [5, 5.41) is 0.473. The predicted molar refractivity (Wildman–Crippen MR) is 76.2 cm³/mol. The molecular formula is C13H7Cl2F3O3S. The topological polar surface area (TPSA) is 43.4 Å². The van der Waals surface area contributed by atoms with Gasteiger partial charge in [-0.3, -0.25) is 0 Å². The van der Waals surface area contributed by atoms with E-state index in [1.165, 1.54) is 24.3 Å². The minimum Gasteiger partial charge on any atom is -0.457 e. The molecule has 0 spiro atoms. The number of halogens is 5. The highest BCUT2D eigenvalue weighted by Gasteiger charge is 2.46. The average Bonchev–Trinajstić information content (AvgIpc) is 2.42. The van der Waals surface area contributed by atoms with Crippen LogP contribution in [0, 0.1) is 0 Å². The molecule has 0 aromatic heterocycles. The third-order valence-electron chi connectivity index (χ3n) is 2.55. The van der Waals surface area contributed by atoms with Gasteiger partial charge in [0.15, 0.2) is 0 Å².